The molecular weight excluding hydrogens is 472 g/mol. The van der Waals surface area contributed by atoms with Crippen molar-refractivity contribution >= 4 is 63.7 Å². The molecule has 0 aliphatic carbocycles. The van der Waals surface area contributed by atoms with Crippen molar-refractivity contribution in [2.45, 2.75) is 0 Å². The van der Waals surface area contributed by atoms with Crippen LogP contribution in [0.3, 0.4) is 0 Å². The molecule has 2 aromatic carbocycles. The van der Waals surface area contributed by atoms with Gasteiger partial charge >= 0.3 is 11.7 Å². The number of nitrogens with zero attached hydrogens (tertiary/aromatic N) is 2. The highest BCUT2D eigenvalue weighted by molar-refractivity contribution is 6.41. The Morgan fingerprint density at radius 3 is 2.03 bits per heavy atom. The first-order chi connectivity index (χ1) is 13.5. The van der Waals surface area contributed by atoms with Crippen molar-refractivity contribution in [3.05, 3.63) is 53.5 Å². The molecule has 0 saturated carbocycles. The second kappa shape index (κ2) is 10.2. The second-order valence-corrected chi connectivity index (χ2v) is 6.46. The Bertz CT molecular complexity index is 1020. The molecule has 0 spiro atoms. The summed E-state index contributed by atoms with van der Waals surface area (Å²) < 4.78 is 9.62. The van der Waals surface area contributed by atoms with Crippen molar-refractivity contribution in [1.29, 1.82) is 5.26 Å². The summed E-state index contributed by atoms with van der Waals surface area (Å²) in [6.07, 6.45) is 0. The molecule has 154 valence electrons. The summed E-state index contributed by atoms with van der Waals surface area (Å²) in [5.41, 5.74) is 4.84. The first-order valence-electron chi connectivity index (χ1n) is 7.16. The zero-order valence-electron chi connectivity index (χ0n) is 14.6. The van der Waals surface area contributed by atoms with E-state index in [9.17, 15) is 14.9 Å². The number of hydrogen-bond acceptors (Lipinski definition) is 7. The number of benzene rings is 2. The maximum absolute atomic E-state index is 10.8. The summed E-state index contributed by atoms with van der Waals surface area (Å²) in [7, 11) is 2.65. The summed E-state index contributed by atoms with van der Waals surface area (Å²) in [6, 6.07) is 4.36. The molecule has 2 aromatic rings. The first-order valence-corrected chi connectivity index (χ1v) is 8.68. The Hall–Kier alpha value is -2.64. The Morgan fingerprint density at radius 2 is 1.62 bits per heavy atom. The Kier molecular flexibility index (Phi) is 8.60. The molecule has 3 N–H and O–H groups in total. The van der Waals surface area contributed by atoms with Gasteiger partial charge in [0.2, 0.25) is 0 Å². The van der Waals surface area contributed by atoms with Crippen LogP contribution in [0.2, 0.25) is 20.1 Å². The number of methoxy groups -OCH3 is 2. The molecule has 0 bridgehead atoms. The molecule has 9 nitrogen and oxygen atoms in total. The average molecular weight is 483 g/mol. The van der Waals surface area contributed by atoms with Crippen molar-refractivity contribution < 1.29 is 24.3 Å². The number of ether oxygens (including phenoxy) is 2. The third-order valence-electron chi connectivity index (χ3n) is 3.32. The molecule has 29 heavy (non-hydrogen) atoms. The monoisotopic (exact) mass is 481 g/mol. The number of nitriles is 1. The fraction of sp³-hybridized carbons (Fsp3) is 0.125. The van der Waals surface area contributed by atoms with Gasteiger partial charge < -0.3 is 20.3 Å². The molecule has 0 aliphatic rings. The van der Waals surface area contributed by atoms with Crippen LogP contribution in [0.1, 0.15) is 15.9 Å². The van der Waals surface area contributed by atoms with Crippen molar-refractivity contribution in [2.75, 3.05) is 20.0 Å². The Morgan fingerprint density at radius 1 is 1.10 bits per heavy atom. The van der Waals surface area contributed by atoms with Crippen LogP contribution in [-0.2, 0) is 0 Å². The molecular formula is C16H11Cl4N3O6. The smallest absolute Gasteiger partial charge is 0.337 e. The van der Waals surface area contributed by atoms with Crippen molar-refractivity contribution in [3.63, 3.8) is 0 Å². The quantitative estimate of drug-likeness (QED) is 0.348. The largest absolute Gasteiger partial charge is 0.495 e. The SMILES string of the molecule is COc1cc(C#N)c(Cl)c(N)c1Cl.COc1cc(C(=O)O)c(Cl)c([N+](=O)[O-])c1Cl. The van der Waals surface area contributed by atoms with Crippen LogP contribution < -0.4 is 15.2 Å². The van der Waals surface area contributed by atoms with Crippen LogP contribution in [0.5, 0.6) is 11.5 Å². The molecule has 0 saturated heterocycles. The molecule has 2 rings (SSSR count). The highest BCUT2D eigenvalue weighted by Gasteiger charge is 2.28. The Balaban J connectivity index is 0.000000296. The minimum atomic E-state index is -1.40. The number of anilines is 1. The van der Waals surface area contributed by atoms with Gasteiger partial charge in [-0.05, 0) is 6.07 Å². The number of nitro groups is 1. The number of nitro benzene ring substituents is 1. The van der Waals surface area contributed by atoms with Gasteiger partial charge in [-0.2, -0.15) is 5.26 Å². The first kappa shape index (κ1) is 24.4. The van der Waals surface area contributed by atoms with Crippen LogP contribution in [0, 0.1) is 21.4 Å². The van der Waals surface area contributed by atoms with E-state index in [0.717, 1.165) is 6.07 Å². The number of nitrogens with two attached hydrogens (primary N) is 1. The molecule has 0 aliphatic heterocycles. The van der Waals surface area contributed by atoms with Crippen LogP contribution >= 0.6 is 46.4 Å². The summed E-state index contributed by atoms with van der Waals surface area (Å²) in [5, 5.41) is 27.6. The van der Waals surface area contributed by atoms with Crippen LogP contribution in [0.25, 0.3) is 0 Å². The van der Waals surface area contributed by atoms with Crippen LogP contribution in [0.4, 0.5) is 11.4 Å². The van der Waals surface area contributed by atoms with E-state index >= 15 is 0 Å². The molecule has 13 heteroatoms. The minimum absolute atomic E-state index is 0.116. The highest BCUT2D eigenvalue weighted by atomic mass is 35.5. The number of carboxylic acids is 1. The third kappa shape index (κ3) is 5.25. The van der Waals surface area contributed by atoms with Crippen LogP contribution in [0.15, 0.2) is 12.1 Å². The summed E-state index contributed by atoms with van der Waals surface area (Å²) in [6.45, 7) is 0. The number of carboxylic acid groups (broad SMARTS) is 1. The second-order valence-electron chi connectivity index (χ2n) is 4.95. The van der Waals surface area contributed by atoms with Gasteiger partial charge in [0.15, 0.2) is 5.02 Å². The van der Waals surface area contributed by atoms with E-state index in [2.05, 4.69) is 0 Å². The lowest BCUT2D eigenvalue weighted by atomic mass is 10.2. The Labute approximate surface area is 184 Å². The number of halogens is 4. The van der Waals surface area contributed by atoms with Gasteiger partial charge in [-0.15, -0.1) is 0 Å². The molecule has 0 aromatic heterocycles. The van der Waals surface area contributed by atoms with Crippen molar-refractivity contribution in [2.24, 2.45) is 0 Å². The van der Waals surface area contributed by atoms with Crippen molar-refractivity contribution in [1.82, 2.24) is 0 Å². The van der Waals surface area contributed by atoms with E-state index in [1.807, 2.05) is 6.07 Å². The summed E-state index contributed by atoms with van der Waals surface area (Å²) >= 11 is 22.7. The normalized spacial score (nSPS) is 9.69. The minimum Gasteiger partial charge on any atom is -0.495 e. The average Bonchev–Trinajstić information content (AvgIpc) is 2.66. The van der Waals surface area contributed by atoms with Gasteiger partial charge in [0.05, 0.1) is 41.0 Å². The van der Waals surface area contributed by atoms with Crippen LogP contribution in [-0.4, -0.2) is 30.2 Å². The van der Waals surface area contributed by atoms with Gasteiger partial charge in [0.25, 0.3) is 0 Å². The number of hydrogen-bond donors (Lipinski definition) is 2. The maximum Gasteiger partial charge on any atom is 0.337 e. The van der Waals surface area contributed by atoms with E-state index in [1.54, 1.807) is 0 Å². The van der Waals surface area contributed by atoms with E-state index in [4.69, 9.17) is 72.0 Å². The summed E-state index contributed by atoms with van der Waals surface area (Å²) in [5.74, 6) is -1.17. The number of rotatable bonds is 4. The van der Waals surface area contributed by atoms with E-state index in [1.165, 1.54) is 20.3 Å². The van der Waals surface area contributed by atoms with Gasteiger partial charge in [0, 0.05) is 6.07 Å². The molecule has 0 amide bonds. The molecule has 0 unspecified atom stereocenters. The number of aromatic carboxylic acids is 1. The topological polar surface area (TPSA) is 149 Å². The van der Waals surface area contributed by atoms with E-state index in [0.29, 0.717) is 5.75 Å². The molecule has 0 radical (unpaired) electrons. The molecule has 0 fully saturated rings. The lowest BCUT2D eigenvalue weighted by Crippen LogP contribution is -2.02. The van der Waals surface area contributed by atoms with Gasteiger partial charge in [0.1, 0.15) is 27.6 Å². The fourth-order valence-corrected chi connectivity index (χ4v) is 3.03. The lowest BCUT2D eigenvalue weighted by Gasteiger charge is -2.07. The fourth-order valence-electron chi connectivity index (χ4n) is 1.92. The third-order valence-corrected chi connectivity index (χ3v) is 4.86. The zero-order valence-corrected chi connectivity index (χ0v) is 17.7. The van der Waals surface area contributed by atoms with E-state index in [-0.39, 0.29) is 32.1 Å². The number of nitrogen functional groups attached to an aromatic ring is 1. The standard InChI is InChI=1S/C8H6Cl2N2O.C8H5Cl2NO5/c1-13-5-2-4(3-11)6(9)8(12)7(5)10;1-16-4-2-3(8(12)13)5(9)7(6(4)10)11(14)15/h2H,12H2,1H3;2H,1H3,(H,12,13). The summed E-state index contributed by atoms with van der Waals surface area (Å²) in [4.78, 5) is 20.6. The lowest BCUT2D eigenvalue weighted by molar-refractivity contribution is -0.384. The van der Waals surface area contributed by atoms with Gasteiger partial charge in [-0.1, -0.05) is 46.4 Å². The predicted molar refractivity (Wildman–Crippen MR) is 109 cm³/mol. The molecule has 0 heterocycles. The van der Waals surface area contributed by atoms with Crippen molar-refractivity contribution in [3.8, 4) is 17.6 Å². The maximum atomic E-state index is 10.8. The molecule has 0 atom stereocenters. The number of carbonyl (C=O) groups is 1. The predicted octanol–water partition coefficient (Wildman–Crippen LogP) is 5.06. The van der Waals surface area contributed by atoms with Gasteiger partial charge in [-0.25, -0.2) is 4.79 Å². The highest BCUT2D eigenvalue weighted by Crippen LogP contribution is 2.41. The zero-order chi connectivity index (χ0) is 22.5. The van der Waals surface area contributed by atoms with E-state index < -0.39 is 27.2 Å². The van der Waals surface area contributed by atoms with Gasteiger partial charge in [-0.3, -0.25) is 10.1 Å².